The first-order valence-electron chi connectivity index (χ1n) is 4.86. The highest BCUT2D eigenvalue weighted by Crippen LogP contribution is 2.55. The number of nitro benzene ring substituents is 1. The Labute approximate surface area is 86.4 Å². The Morgan fingerprint density at radius 2 is 2.33 bits per heavy atom. The number of rotatable bonds is 4. The summed E-state index contributed by atoms with van der Waals surface area (Å²) in [5.41, 5.74) is 0.553. The molecule has 0 amide bonds. The van der Waals surface area contributed by atoms with Gasteiger partial charge >= 0.3 is 5.69 Å². The van der Waals surface area contributed by atoms with Gasteiger partial charge in [0.15, 0.2) is 0 Å². The number of hydrogen-bond donors (Lipinski definition) is 1. The fourth-order valence-corrected chi connectivity index (χ4v) is 1.67. The topological polar surface area (TPSA) is 72.6 Å². The summed E-state index contributed by atoms with van der Waals surface area (Å²) in [6, 6.07) is 1.32. The Morgan fingerprint density at radius 3 is 2.93 bits per heavy atom. The molecule has 1 aromatic carbocycles. The maximum absolute atomic E-state index is 10.6. The smallest absolute Gasteiger partial charge is 0.354 e. The highest BCUT2D eigenvalue weighted by molar-refractivity contribution is 5.73. The zero-order valence-corrected chi connectivity index (χ0v) is 8.32. The number of phenolic OH excluding ortho intramolecular Hbond substituents is 1. The number of ether oxygens (including phenoxy) is 1. The number of benzene rings is 1. The number of fused-ring (bicyclic) bond motifs is 2. The molecule has 0 atom stereocenters. The molecule has 80 valence electrons. The van der Waals surface area contributed by atoms with Gasteiger partial charge in [0.25, 0.3) is 0 Å². The molecular weight excluding hydrogens is 198 g/mol. The lowest BCUT2D eigenvalue weighted by Crippen LogP contribution is -2.08. The van der Waals surface area contributed by atoms with Crippen LogP contribution in [-0.4, -0.2) is 10.0 Å². The van der Waals surface area contributed by atoms with Crippen LogP contribution >= 0.6 is 0 Å². The Hall–Kier alpha value is -1.78. The van der Waals surface area contributed by atoms with Crippen molar-refractivity contribution in [1.82, 2.24) is 0 Å². The zero-order chi connectivity index (χ0) is 11.0. The molecule has 2 heterocycles. The van der Waals surface area contributed by atoms with Crippen molar-refractivity contribution in [3.63, 3.8) is 0 Å². The molecule has 2 aliphatic heterocycles. The van der Waals surface area contributed by atoms with Gasteiger partial charge in [-0.2, -0.15) is 0 Å². The summed E-state index contributed by atoms with van der Waals surface area (Å²) in [5, 5.41) is 20.2. The van der Waals surface area contributed by atoms with Crippen molar-refractivity contribution in [1.29, 1.82) is 0 Å². The minimum Gasteiger partial charge on any atom is -0.507 e. The molecule has 1 N–H and O–H groups in total. The van der Waals surface area contributed by atoms with Crippen LogP contribution in [0.1, 0.15) is 25.3 Å². The van der Waals surface area contributed by atoms with E-state index in [0.29, 0.717) is 12.0 Å². The van der Waals surface area contributed by atoms with E-state index in [1.165, 1.54) is 6.07 Å². The van der Waals surface area contributed by atoms with E-state index in [2.05, 4.69) is 0 Å². The lowest BCUT2D eigenvalue weighted by molar-refractivity contribution is -0.390. The van der Waals surface area contributed by atoms with Gasteiger partial charge < -0.3 is 9.84 Å². The normalized spacial score (nSPS) is 11.8. The van der Waals surface area contributed by atoms with Crippen LogP contribution in [0.15, 0.2) is 6.07 Å². The molecule has 0 fully saturated rings. The third-order valence-electron chi connectivity index (χ3n) is 2.47. The molecule has 5 heteroatoms. The maximum atomic E-state index is 10.6. The third-order valence-corrected chi connectivity index (χ3v) is 2.47. The number of unbranched alkanes of at least 4 members (excludes halogenated alkanes) is 1. The molecule has 2 aliphatic rings. The Balaban J connectivity index is 2.38. The van der Waals surface area contributed by atoms with Gasteiger partial charge in [0.2, 0.25) is 11.5 Å². The molecule has 0 radical (unpaired) electrons. The van der Waals surface area contributed by atoms with Crippen molar-refractivity contribution in [2.75, 3.05) is 0 Å². The summed E-state index contributed by atoms with van der Waals surface area (Å²) in [6.45, 7) is 2.02. The minimum absolute atomic E-state index is 0.00102. The lowest BCUT2D eigenvalue weighted by Gasteiger charge is -2.21. The van der Waals surface area contributed by atoms with Gasteiger partial charge in [-0.25, -0.2) is 0 Å². The standard InChI is InChI=1S/C10H11NO4/c1-2-3-4-6-7(12)5-8-9(11(13)14)10(6)15-8/h5,12H,2-4H2,1H3. The molecule has 0 aliphatic carbocycles. The number of nitro groups is 1. The minimum atomic E-state index is -0.469. The number of phenols is 1. The molecule has 0 unspecified atom stereocenters. The predicted molar refractivity (Wildman–Crippen MR) is 53.4 cm³/mol. The van der Waals surface area contributed by atoms with Gasteiger partial charge in [-0.15, -0.1) is 0 Å². The number of hydrogen-bond acceptors (Lipinski definition) is 4. The van der Waals surface area contributed by atoms with E-state index in [-0.39, 0.29) is 22.9 Å². The first kappa shape index (κ1) is 9.76. The second-order valence-electron chi connectivity index (χ2n) is 3.51. The van der Waals surface area contributed by atoms with Crippen LogP contribution in [0.2, 0.25) is 0 Å². The van der Waals surface area contributed by atoms with E-state index in [4.69, 9.17) is 4.74 Å². The Bertz CT molecular complexity index is 428. The fraction of sp³-hybridized carbons (Fsp3) is 0.400. The van der Waals surface area contributed by atoms with Gasteiger partial charge in [0.05, 0.1) is 4.92 Å². The summed E-state index contributed by atoms with van der Waals surface area (Å²) in [7, 11) is 0. The van der Waals surface area contributed by atoms with Crippen LogP contribution in [0.4, 0.5) is 5.69 Å². The first-order valence-corrected chi connectivity index (χ1v) is 4.86. The van der Waals surface area contributed by atoms with E-state index in [9.17, 15) is 15.2 Å². The van der Waals surface area contributed by atoms with Gasteiger partial charge in [-0.3, -0.25) is 10.1 Å². The molecule has 0 saturated heterocycles. The van der Waals surface area contributed by atoms with Crippen molar-refractivity contribution in [2.45, 2.75) is 26.2 Å². The highest BCUT2D eigenvalue weighted by Gasteiger charge is 2.37. The Morgan fingerprint density at radius 1 is 1.60 bits per heavy atom. The van der Waals surface area contributed by atoms with Crippen LogP contribution in [0, 0.1) is 10.1 Å². The molecule has 0 saturated carbocycles. The monoisotopic (exact) mass is 209 g/mol. The fourth-order valence-electron chi connectivity index (χ4n) is 1.67. The quantitative estimate of drug-likeness (QED) is 0.620. The van der Waals surface area contributed by atoms with Crippen LogP contribution in [0.3, 0.4) is 0 Å². The molecule has 15 heavy (non-hydrogen) atoms. The van der Waals surface area contributed by atoms with Crippen LogP contribution in [-0.2, 0) is 6.42 Å². The average molecular weight is 209 g/mol. The summed E-state index contributed by atoms with van der Waals surface area (Å²) in [5.74, 6) is 0.501. The summed E-state index contributed by atoms with van der Waals surface area (Å²) < 4.78 is 5.11. The SMILES string of the molecule is CCCCc1c(O)cc2c([N+](=O)[O-])c1O2. The van der Waals surface area contributed by atoms with Crippen molar-refractivity contribution in [3.8, 4) is 17.2 Å². The Kier molecular flexibility index (Phi) is 2.22. The second-order valence-corrected chi connectivity index (χ2v) is 3.51. The molecule has 5 nitrogen and oxygen atoms in total. The van der Waals surface area contributed by atoms with Crippen molar-refractivity contribution in [3.05, 3.63) is 21.7 Å². The van der Waals surface area contributed by atoms with Crippen molar-refractivity contribution < 1.29 is 14.8 Å². The molecule has 2 bridgehead atoms. The number of nitrogens with zero attached hydrogens (tertiary/aromatic N) is 1. The van der Waals surface area contributed by atoms with E-state index < -0.39 is 4.92 Å². The molecule has 1 aromatic rings. The molecular formula is C10H11NO4. The second kappa shape index (κ2) is 3.42. The van der Waals surface area contributed by atoms with Gasteiger partial charge in [0, 0.05) is 11.6 Å². The van der Waals surface area contributed by atoms with Crippen molar-refractivity contribution >= 4 is 5.69 Å². The van der Waals surface area contributed by atoms with Gasteiger partial charge in [0.1, 0.15) is 5.75 Å². The van der Waals surface area contributed by atoms with Gasteiger partial charge in [-0.1, -0.05) is 13.3 Å². The van der Waals surface area contributed by atoms with Crippen LogP contribution in [0.5, 0.6) is 17.2 Å². The third kappa shape index (κ3) is 1.40. The van der Waals surface area contributed by atoms with E-state index in [1.54, 1.807) is 0 Å². The van der Waals surface area contributed by atoms with Crippen LogP contribution < -0.4 is 4.74 Å². The van der Waals surface area contributed by atoms with Gasteiger partial charge in [-0.05, 0) is 12.8 Å². The first-order chi connectivity index (χ1) is 7.15. The number of aromatic hydroxyl groups is 1. The summed E-state index contributed by atoms with van der Waals surface area (Å²) in [6.07, 6.45) is 2.45. The van der Waals surface area contributed by atoms with E-state index in [0.717, 1.165) is 12.8 Å². The highest BCUT2D eigenvalue weighted by atomic mass is 16.6. The van der Waals surface area contributed by atoms with E-state index in [1.807, 2.05) is 6.92 Å². The molecule has 3 rings (SSSR count). The van der Waals surface area contributed by atoms with Crippen molar-refractivity contribution in [2.24, 2.45) is 0 Å². The predicted octanol–water partition coefficient (Wildman–Crippen LogP) is 2.75. The maximum Gasteiger partial charge on any atom is 0.354 e. The summed E-state index contributed by atoms with van der Waals surface area (Å²) in [4.78, 5) is 10.2. The average Bonchev–Trinajstić information content (AvgIpc) is 2.13. The lowest BCUT2D eigenvalue weighted by atomic mass is 10.0. The molecule has 0 spiro atoms. The largest absolute Gasteiger partial charge is 0.507 e. The van der Waals surface area contributed by atoms with Crippen LogP contribution in [0.25, 0.3) is 0 Å². The molecule has 0 aromatic heterocycles. The van der Waals surface area contributed by atoms with E-state index >= 15 is 0 Å². The summed E-state index contributed by atoms with van der Waals surface area (Å²) >= 11 is 0. The zero-order valence-electron chi connectivity index (χ0n) is 8.32.